The number of carbonyl (C=O) groups is 6. The Labute approximate surface area is 358 Å². The number of carbonyl (C=O) groups excluding carboxylic acids is 6. The van der Waals surface area contributed by atoms with Crippen molar-refractivity contribution in [2.45, 2.75) is 70.0 Å². The van der Waals surface area contributed by atoms with Gasteiger partial charge in [0.25, 0.3) is 23.6 Å². The largest absolute Gasteiger partial charge is 0.495 e. The van der Waals surface area contributed by atoms with Crippen LogP contribution in [0.25, 0.3) is 0 Å². The summed E-state index contributed by atoms with van der Waals surface area (Å²) >= 11 is 0. The average molecular weight is 853 g/mol. The number of aromatic nitrogens is 2. The van der Waals surface area contributed by atoms with E-state index in [0.29, 0.717) is 61.7 Å². The molecule has 4 saturated heterocycles. The number of nitrogens with one attached hydrogen (secondary N) is 3. The van der Waals surface area contributed by atoms with Crippen LogP contribution in [0.5, 0.6) is 11.5 Å². The second kappa shape index (κ2) is 18.3. The summed E-state index contributed by atoms with van der Waals surface area (Å²) in [6.45, 7) is 7.29. The van der Waals surface area contributed by atoms with Crippen LogP contribution in [-0.2, 0) is 25.5 Å². The number of imide groups is 2. The van der Waals surface area contributed by atoms with Crippen LogP contribution in [0.15, 0.2) is 36.4 Å². The molecule has 0 bridgehead atoms. The quantitative estimate of drug-likeness (QED) is 0.181. The molecular formula is C43H52N10O9. The van der Waals surface area contributed by atoms with Gasteiger partial charge in [-0.1, -0.05) is 6.92 Å². The number of ether oxygens (including phenoxy) is 3. The predicted molar refractivity (Wildman–Crippen MR) is 226 cm³/mol. The molecule has 328 valence electrons. The van der Waals surface area contributed by atoms with E-state index in [2.05, 4.69) is 30.7 Å². The molecule has 5 aliphatic rings. The Hall–Kier alpha value is -6.34. The van der Waals surface area contributed by atoms with E-state index >= 15 is 0 Å². The molecule has 19 heteroatoms. The lowest BCUT2D eigenvalue weighted by atomic mass is 10.0. The lowest BCUT2D eigenvalue weighted by Crippen LogP contribution is -2.55. The zero-order chi connectivity index (χ0) is 43.5. The third-order valence-corrected chi connectivity index (χ3v) is 12.3. The molecule has 4 fully saturated rings. The first kappa shape index (κ1) is 42.4. The Kier molecular flexibility index (Phi) is 12.5. The van der Waals surface area contributed by atoms with Gasteiger partial charge in [-0.3, -0.25) is 43.9 Å². The van der Waals surface area contributed by atoms with Gasteiger partial charge in [0.1, 0.15) is 17.5 Å². The molecule has 1 unspecified atom stereocenters. The summed E-state index contributed by atoms with van der Waals surface area (Å²) in [5.74, 6) is -1.38. The Balaban J connectivity index is 0.820. The molecule has 8 rings (SSSR count). The first-order chi connectivity index (χ1) is 30.0. The fraction of sp³-hybridized carbons (Fsp3) is 0.488. The van der Waals surface area contributed by atoms with Gasteiger partial charge in [0.15, 0.2) is 23.9 Å². The van der Waals surface area contributed by atoms with Gasteiger partial charge in [0.05, 0.1) is 29.6 Å². The highest BCUT2D eigenvalue weighted by molar-refractivity contribution is 6.23. The van der Waals surface area contributed by atoms with E-state index in [1.165, 1.54) is 18.2 Å². The molecule has 19 nitrogen and oxygen atoms in total. The van der Waals surface area contributed by atoms with Gasteiger partial charge in [0.2, 0.25) is 11.8 Å². The van der Waals surface area contributed by atoms with Gasteiger partial charge in [-0.15, -0.1) is 0 Å². The van der Waals surface area contributed by atoms with Crippen molar-refractivity contribution in [1.29, 1.82) is 0 Å². The summed E-state index contributed by atoms with van der Waals surface area (Å²) in [7, 11) is 1.63. The summed E-state index contributed by atoms with van der Waals surface area (Å²) in [5, 5.41) is 8.95. The standard InChI is InChI=1S/C43H52N10O9/c1-3-31-39(45-25-12-20-61-21-13-25)49-40(37(47-31)38(44)56)46-26-4-7-32(34(22-26)60-2)51-14-10-27(11-15-51)50-16-18-52(19-17-50)36(55)24-62-28-5-6-29-30(23-28)43(59)53(42(29)58)33-8-9-35(54)48-41(33)57/h4-7,22-23,25,27,33H,3,8-21,24H2,1-2H3,(H2,44,56)(H2,45,46,49)(H,48,54,57). The Morgan fingerprint density at radius 1 is 0.887 bits per heavy atom. The zero-order valence-corrected chi connectivity index (χ0v) is 34.9. The van der Waals surface area contributed by atoms with E-state index in [0.717, 1.165) is 62.4 Å². The number of hydrogen-bond acceptors (Lipinski definition) is 15. The molecule has 0 saturated carbocycles. The molecule has 6 amide bonds. The van der Waals surface area contributed by atoms with Gasteiger partial charge >= 0.3 is 0 Å². The van der Waals surface area contributed by atoms with Crippen LogP contribution in [0, 0.1) is 0 Å². The minimum Gasteiger partial charge on any atom is -0.495 e. The molecule has 0 spiro atoms. The molecule has 1 aromatic heterocycles. The number of amides is 6. The Morgan fingerprint density at radius 2 is 1.63 bits per heavy atom. The smallest absolute Gasteiger partial charge is 0.271 e. The van der Waals surface area contributed by atoms with Crippen molar-refractivity contribution in [2.75, 3.05) is 81.7 Å². The van der Waals surface area contributed by atoms with Crippen LogP contribution in [0.1, 0.15) is 82.3 Å². The number of benzene rings is 2. The summed E-state index contributed by atoms with van der Waals surface area (Å²) < 4.78 is 17.2. The van der Waals surface area contributed by atoms with Gasteiger partial charge in [0, 0.05) is 82.7 Å². The normalized spacial score (nSPS) is 20.2. The third-order valence-electron chi connectivity index (χ3n) is 12.3. The first-order valence-corrected chi connectivity index (χ1v) is 21.3. The number of nitrogens with zero attached hydrogens (tertiary/aromatic N) is 6. The van der Waals surface area contributed by atoms with Crippen LogP contribution in [-0.4, -0.2) is 144 Å². The van der Waals surface area contributed by atoms with E-state index in [4.69, 9.17) is 24.9 Å². The molecule has 2 aromatic carbocycles. The minimum atomic E-state index is -1.06. The highest BCUT2D eigenvalue weighted by Gasteiger charge is 2.45. The van der Waals surface area contributed by atoms with Crippen LogP contribution in [0.4, 0.5) is 23.0 Å². The van der Waals surface area contributed by atoms with Gasteiger partial charge in [-0.2, -0.15) is 0 Å². The highest BCUT2D eigenvalue weighted by Crippen LogP contribution is 2.36. The molecule has 1 atom stereocenters. The number of methoxy groups -OCH3 is 1. The Morgan fingerprint density at radius 3 is 2.32 bits per heavy atom. The van der Waals surface area contributed by atoms with Crippen molar-refractivity contribution in [3.05, 3.63) is 58.9 Å². The summed E-state index contributed by atoms with van der Waals surface area (Å²) in [5.41, 5.74) is 8.37. The number of primary amides is 1. The summed E-state index contributed by atoms with van der Waals surface area (Å²) in [4.78, 5) is 92.7. The maximum absolute atomic E-state index is 13.2. The number of anilines is 4. The number of aryl methyl sites for hydroxylation is 1. The maximum Gasteiger partial charge on any atom is 0.271 e. The Bertz CT molecular complexity index is 2250. The van der Waals surface area contributed by atoms with E-state index in [9.17, 15) is 28.8 Å². The van der Waals surface area contributed by atoms with E-state index in [1.807, 2.05) is 25.1 Å². The van der Waals surface area contributed by atoms with Gasteiger partial charge in [-0.05, 0) is 68.9 Å². The van der Waals surface area contributed by atoms with Crippen molar-refractivity contribution in [2.24, 2.45) is 5.73 Å². The number of piperidine rings is 2. The summed E-state index contributed by atoms with van der Waals surface area (Å²) in [6.07, 6.45) is 4.25. The molecule has 5 N–H and O–H groups in total. The number of piperazine rings is 1. The number of rotatable bonds is 13. The summed E-state index contributed by atoms with van der Waals surface area (Å²) in [6, 6.07) is 9.72. The van der Waals surface area contributed by atoms with Crippen LogP contribution >= 0.6 is 0 Å². The molecule has 0 aliphatic carbocycles. The van der Waals surface area contributed by atoms with E-state index < -0.39 is 35.6 Å². The van der Waals surface area contributed by atoms with Crippen molar-refractivity contribution in [3.8, 4) is 11.5 Å². The number of nitrogens with two attached hydrogens (primary N) is 1. The maximum atomic E-state index is 13.2. The molecule has 62 heavy (non-hydrogen) atoms. The average Bonchev–Trinajstić information content (AvgIpc) is 3.53. The zero-order valence-electron chi connectivity index (χ0n) is 34.9. The number of fused-ring (bicyclic) bond motifs is 1. The monoisotopic (exact) mass is 852 g/mol. The van der Waals surface area contributed by atoms with Crippen LogP contribution in [0.2, 0.25) is 0 Å². The van der Waals surface area contributed by atoms with Gasteiger partial charge in [-0.25, -0.2) is 9.97 Å². The van der Waals surface area contributed by atoms with Gasteiger partial charge < -0.3 is 40.4 Å². The van der Waals surface area contributed by atoms with E-state index in [1.54, 1.807) is 12.0 Å². The number of hydrogen-bond donors (Lipinski definition) is 4. The molecule has 3 aromatic rings. The van der Waals surface area contributed by atoms with Crippen LogP contribution < -0.4 is 36.1 Å². The second-order valence-corrected chi connectivity index (χ2v) is 16.1. The predicted octanol–water partition coefficient (Wildman–Crippen LogP) is 2.07. The minimum absolute atomic E-state index is 0.0329. The van der Waals surface area contributed by atoms with Crippen molar-refractivity contribution in [1.82, 2.24) is 30.0 Å². The highest BCUT2D eigenvalue weighted by atomic mass is 16.5. The lowest BCUT2D eigenvalue weighted by molar-refractivity contribution is -0.137. The molecule has 6 heterocycles. The topological polar surface area (TPSA) is 231 Å². The van der Waals surface area contributed by atoms with Crippen molar-refractivity contribution < 1.29 is 43.0 Å². The molecule has 5 aliphatic heterocycles. The van der Waals surface area contributed by atoms with E-state index in [-0.39, 0.29) is 59.8 Å². The molecular weight excluding hydrogens is 801 g/mol. The molecule has 0 radical (unpaired) electrons. The fourth-order valence-corrected chi connectivity index (χ4v) is 8.86. The van der Waals surface area contributed by atoms with Crippen LogP contribution in [0.3, 0.4) is 0 Å². The lowest BCUT2D eigenvalue weighted by Gasteiger charge is -2.43. The fourth-order valence-electron chi connectivity index (χ4n) is 8.86. The second-order valence-electron chi connectivity index (χ2n) is 16.1. The SMILES string of the molecule is CCc1nc(C(N)=O)c(Nc2ccc(N3CCC(N4CCN(C(=O)COc5ccc6c(c5)C(=O)N(C5CCC(=O)NC5=O)C6=O)CC4)CC3)c(OC)c2)nc1NC1CCOCC1. The third kappa shape index (κ3) is 8.85. The van der Waals surface area contributed by atoms with Crippen molar-refractivity contribution in [3.63, 3.8) is 0 Å². The first-order valence-electron chi connectivity index (χ1n) is 21.3. The van der Waals surface area contributed by atoms with Crippen molar-refractivity contribution >= 4 is 58.5 Å².